The summed E-state index contributed by atoms with van der Waals surface area (Å²) in [5, 5.41) is 7.39. The Bertz CT molecular complexity index is 376. The Morgan fingerprint density at radius 2 is 1.69 bits per heavy atom. The fraction of sp³-hybridized carbons (Fsp3) is 0. The lowest BCUT2D eigenvalue weighted by Gasteiger charge is -1.91. The molecular weight excluding hydrogens is 162 g/mol. The Kier molecular flexibility index (Phi) is 2.18. The van der Waals surface area contributed by atoms with Crippen molar-refractivity contribution in [1.29, 1.82) is 0 Å². The molecule has 0 aliphatic heterocycles. The lowest BCUT2D eigenvalue weighted by molar-refractivity contribution is 1.09. The van der Waals surface area contributed by atoms with Crippen molar-refractivity contribution < 1.29 is 0 Å². The van der Waals surface area contributed by atoms with Crippen LogP contribution in [0, 0.1) is 0 Å². The second kappa shape index (κ2) is 3.67. The van der Waals surface area contributed by atoms with Gasteiger partial charge in [0, 0.05) is 6.20 Å². The zero-order valence-electron chi connectivity index (χ0n) is 7.04. The van der Waals surface area contributed by atoms with Crippen LogP contribution in [0.15, 0.2) is 43.0 Å². The van der Waals surface area contributed by atoms with Crippen molar-refractivity contribution in [3.63, 3.8) is 0 Å². The van der Waals surface area contributed by atoms with Gasteiger partial charge in [0.25, 0.3) is 0 Å². The first-order chi connectivity index (χ1) is 6.45. The number of aromatic nitrogens is 3. The molecule has 1 aromatic heterocycles. The van der Waals surface area contributed by atoms with Crippen molar-refractivity contribution in [3.05, 3.63) is 48.5 Å². The topological polar surface area (TPSA) is 30.7 Å². The summed E-state index contributed by atoms with van der Waals surface area (Å²) in [5.74, 6) is 0. The predicted octanol–water partition coefficient (Wildman–Crippen LogP) is 1.91. The number of benzene rings is 1. The smallest absolute Gasteiger partial charge is 0.123 e. The molecule has 0 saturated carbocycles. The third kappa shape index (κ3) is 2.02. The molecule has 0 unspecified atom stereocenters. The maximum Gasteiger partial charge on any atom is 0.123 e. The van der Waals surface area contributed by atoms with Crippen LogP contribution in [0.2, 0.25) is 0 Å². The van der Waals surface area contributed by atoms with Gasteiger partial charge in [-0.1, -0.05) is 30.3 Å². The first-order valence-electron chi connectivity index (χ1n) is 4.02. The minimum Gasteiger partial charge on any atom is -0.295 e. The van der Waals surface area contributed by atoms with Gasteiger partial charge in [0.15, 0.2) is 0 Å². The van der Waals surface area contributed by atoms with E-state index in [9.17, 15) is 0 Å². The van der Waals surface area contributed by atoms with Gasteiger partial charge in [0.05, 0.1) is 0 Å². The lowest BCUT2D eigenvalue weighted by Crippen LogP contribution is -1.78. The van der Waals surface area contributed by atoms with E-state index in [2.05, 4.69) is 10.2 Å². The molecule has 1 heterocycles. The quantitative estimate of drug-likeness (QED) is 0.691. The van der Waals surface area contributed by atoms with Gasteiger partial charge in [-0.3, -0.25) is 4.57 Å². The zero-order chi connectivity index (χ0) is 8.93. The van der Waals surface area contributed by atoms with Gasteiger partial charge in [-0.2, -0.15) is 0 Å². The van der Waals surface area contributed by atoms with Crippen LogP contribution in [0.1, 0.15) is 5.56 Å². The summed E-state index contributed by atoms with van der Waals surface area (Å²) >= 11 is 0. The van der Waals surface area contributed by atoms with Crippen LogP contribution < -0.4 is 0 Å². The molecule has 0 saturated heterocycles. The molecule has 2 rings (SSSR count). The monoisotopic (exact) mass is 171 g/mol. The summed E-state index contributed by atoms with van der Waals surface area (Å²) in [6.07, 6.45) is 7.22. The predicted molar refractivity (Wildman–Crippen MR) is 51.7 cm³/mol. The largest absolute Gasteiger partial charge is 0.295 e. The van der Waals surface area contributed by atoms with E-state index in [4.69, 9.17) is 0 Å². The molecule has 3 heteroatoms. The average Bonchev–Trinajstić information content (AvgIpc) is 2.69. The molecular formula is C10H9N3. The highest BCUT2D eigenvalue weighted by Crippen LogP contribution is 2.01. The second-order valence-electron chi connectivity index (χ2n) is 2.64. The fourth-order valence-electron chi connectivity index (χ4n) is 1.02. The van der Waals surface area contributed by atoms with E-state index >= 15 is 0 Å². The molecule has 13 heavy (non-hydrogen) atoms. The third-order valence-electron chi connectivity index (χ3n) is 1.68. The van der Waals surface area contributed by atoms with Gasteiger partial charge in [-0.05, 0) is 11.6 Å². The summed E-state index contributed by atoms with van der Waals surface area (Å²) in [4.78, 5) is 0. The maximum atomic E-state index is 3.70. The van der Waals surface area contributed by atoms with E-state index in [0.29, 0.717) is 0 Å². The van der Waals surface area contributed by atoms with Crippen LogP contribution in [0.3, 0.4) is 0 Å². The number of hydrogen-bond donors (Lipinski definition) is 0. The van der Waals surface area contributed by atoms with E-state index in [-0.39, 0.29) is 0 Å². The van der Waals surface area contributed by atoms with Crippen LogP contribution in [0.5, 0.6) is 0 Å². The highest BCUT2D eigenvalue weighted by Gasteiger charge is 1.84. The molecule has 0 bridgehead atoms. The first-order valence-corrected chi connectivity index (χ1v) is 4.02. The SMILES string of the molecule is C(=C\n1cnnc1)/c1ccccc1. The molecule has 3 nitrogen and oxygen atoms in total. The molecule has 0 radical (unpaired) electrons. The summed E-state index contributed by atoms with van der Waals surface area (Å²) in [6, 6.07) is 10.1. The summed E-state index contributed by atoms with van der Waals surface area (Å²) < 4.78 is 1.80. The van der Waals surface area contributed by atoms with Gasteiger partial charge in [-0.15, -0.1) is 10.2 Å². The minimum absolute atomic E-state index is 1.16. The molecule has 0 fully saturated rings. The fourth-order valence-corrected chi connectivity index (χ4v) is 1.02. The number of rotatable bonds is 2. The van der Waals surface area contributed by atoms with Crippen LogP contribution in [0.25, 0.3) is 12.3 Å². The van der Waals surface area contributed by atoms with E-state index in [0.717, 1.165) is 5.56 Å². The van der Waals surface area contributed by atoms with E-state index in [1.807, 2.05) is 42.6 Å². The van der Waals surface area contributed by atoms with E-state index < -0.39 is 0 Å². The lowest BCUT2D eigenvalue weighted by atomic mass is 10.2. The number of hydrogen-bond acceptors (Lipinski definition) is 2. The first kappa shape index (κ1) is 7.73. The highest BCUT2D eigenvalue weighted by molar-refractivity contribution is 5.59. The maximum absolute atomic E-state index is 3.70. The molecule has 0 N–H and O–H groups in total. The summed E-state index contributed by atoms with van der Waals surface area (Å²) in [7, 11) is 0. The van der Waals surface area contributed by atoms with Crippen molar-refractivity contribution in [1.82, 2.24) is 14.8 Å². The molecule has 1 aromatic carbocycles. The Morgan fingerprint density at radius 3 is 2.38 bits per heavy atom. The van der Waals surface area contributed by atoms with Crippen LogP contribution >= 0.6 is 0 Å². The molecule has 0 aliphatic carbocycles. The normalized spacial score (nSPS) is 10.8. The van der Waals surface area contributed by atoms with Gasteiger partial charge in [0.1, 0.15) is 12.7 Å². The Morgan fingerprint density at radius 1 is 1.00 bits per heavy atom. The molecule has 2 aromatic rings. The average molecular weight is 171 g/mol. The molecule has 0 atom stereocenters. The van der Waals surface area contributed by atoms with E-state index in [1.165, 1.54) is 0 Å². The molecule has 64 valence electrons. The van der Waals surface area contributed by atoms with Crippen LogP contribution in [0.4, 0.5) is 0 Å². The van der Waals surface area contributed by atoms with Gasteiger partial charge < -0.3 is 0 Å². The van der Waals surface area contributed by atoms with Crippen LogP contribution in [-0.2, 0) is 0 Å². The standard InChI is InChI=1S/C10H9N3/c1-2-4-10(5-3-1)6-7-13-8-11-12-9-13/h1-9H/b7-6+. The number of nitrogens with zero attached hydrogens (tertiary/aromatic N) is 3. The van der Waals surface area contributed by atoms with Crippen molar-refractivity contribution >= 4 is 12.3 Å². The van der Waals surface area contributed by atoms with E-state index in [1.54, 1.807) is 17.2 Å². The zero-order valence-corrected chi connectivity index (χ0v) is 7.04. The Labute approximate surface area is 76.4 Å². The Balaban J connectivity index is 2.15. The summed E-state index contributed by atoms with van der Waals surface area (Å²) in [5.41, 5.74) is 1.16. The summed E-state index contributed by atoms with van der Waals surface area (Å²) in [6.45, 7) is 0. The third-order valence-corrected chi connectivity index (χ3v) is 1.68. The van der Waals surface area contributed by atoms with Crippen molar-refractivity contribution in [2.45, 2.75) is 0 Å². The van der Waals surface area contributed by atoms with Crippen molar-refractivity contribution in [2.75, 3.05) is 0 Å². The molecule has 0 spiro atoms. The van der Waals surface area contributed by atoms with Gasteiger partial charge in [-0.25, -0.2) is 0 Å². The minimum atomic E-state index is 1.16. The van der Waals surface area contributed by atoms with Crippen molar-refractivity contribution in [2.24, 2.45) is 0 Å². The molecule has 0 amide bonds. The second-order valence-corrected chi connectivity index (χ2v) is 2.64. The highest BCUT2D eigenvalue weighted by atomic mass is 15.2. The van der Waals surface area contributed by atoms with Gasteiger partial charge >= 0.3 is 0 Å². The Hall–Kier alpha value is -1.90. The van der Waals surface area contributed by atoms with Crippen molar-refractivity contribution in [3.8, 4) is 0 Å². The van der Waals surface area contributed by atoms with Gasteiger partial charge in [0.2, 0.25) is 0 Å². The van der Waals surface area contributed by atoms with Crippen LogP contribution in [-0.4, -0.2) is 14.8 Å². The molecule has 0 aliphatic rings.